The Kier molecular flexibility index (Phi) is 9.55. The molecule has 2 aromatic heterocycles. The molecule has 41 heavy (non-hydrogen) atoms. The number of pyridine rings is 1. The number of nitrogens with zero attached hydrogens (tertiary/aromatic N) is 5. The van der Waals surface area contributed by atoms with Gasteiger partial charge in [0.25, 0.3) is 0 Å². The van der Waals surface area contributed by atoms with E-state index in [2.05, 4.69) is 15.2 Å². The van der Waals surface area contributed by atoms with Crippen LogP contribution in [0, 0.1) is 5.92 Å². The van der Waals surface area contributed by atoms with Crippen LogP contribution in [0.15, 0.2) is 41.3 Å². The molecule has 12 heteroatoms. The number of carbonyl (C=O) groups excluding carboxylic acids is 1. The van der Waals surface area contributed by atoms with Gasteiger partial charge in [-0.2, -0.15) is 4.31 Å². The van der Waals surface area contributed by atoms with E-state index in [1.807, 2.05) is 43.3 Å². The Hall–Kier alpha value is -2.64. The standard InChI is InChI=1S/C29H40N6O4S2/c1-33-14-16-35(17-15-33)41(37,38)23-10-8-22(9-11-23)24(20-21-6-4-5-7-21)27(36)32-29-30-25-12-13-26(31-28(25)40-29)34(2)18-19-39-3/h8-13,21,24H,4-7,14-20H2,1-3H3,(H,30,32,36). The van der Waals surface area contributed by atoms with Crippen LogP contribution in [0.2, 0.25) is 0 Å². The Morgan fingerprint density at radius 2 is 1.80 bits per heavy atom. The number of likely N-dealkylation sites (N-methyl/N-ethyl adjacent to an activating group) is 2. The molecule has 1 N–H and O–H groups in total. The molecule has 2 aliphatic rings. The number of rotatable bonds is 11. The third-order valence-electron chi connectivity index (χ3n) is 8.24. The van der Waals surface area contributed by atoms with E-state index in [0.29, 0.717) is 43.8 Å². The summed E-state index contributed by atoms with van der Waals surface area (Å²) in [6.45, 7) is 3.72. The molecule has 0 bridgehead atoms. The second-order valence-corrected chi connectivity index (χ2v) is 14.0. The molecule has 1 saturated carbocycles. The van der Waals surface area contributed by atoms with Crippen molar-refractivity contribution in [3.05, 3.63) is 42.0 Å². The number of carbonyl (C=O) groups is 1. The lowest BCUT2D eigenvalue weighted by molar-refractivity contribution is -0.118. The highest BCUT2D eigenvalue weighted by atomic mass is 32.2. The van der Waals surface area contributed by atoms with Gasteiger partial charge in [-0.15, -0.1) is 0 Å². The van der Waals surface area contributed by atoms with Gasteiger partial charge in [0.2, 0.25) is 15.9 Å². The summed E-state index contributed by atoms with van der Waals surface area (Å²) in [7, 11) is 2.07. The van der Waals surface area contributed by atoms with Crippen molar-refractivity contribution in [3.63, 3.8) is 0 Å². The number of piperazine rings is 1. The van der Waals surface area contributed by atoms with E-state index in [-0.39, 0.29) is 10.8 Å². The molecule has 10 nitrogen and oxygen atoms in total. The molecule has 1 saturated heterocycles. The second-order valence-electron chi connectivity index (χ2n) is 11.1. The lowest BCUT2D eigenvalue weighted by atomic mass is 9.87. The fourth-order valence-electron chi connectivity index (χ4n) is 5.63. The fraction of sp³-hybridized carbons (Fsp3) is 0.552. The van der Waals surface area contributed by atoms with Gasteiger partial charge in [-0.1, -0.05) is 49.2 Å². The average molecular weight is 601 g/mol. The Balaban J connectivity index is 1.34. The number of benzene rings is 1. The van der Waals surface area contributed by atoms with Gasteiger partial charge in [0, 0.05) is 46.9 Å². The minimum absolute atomic E-state index is 0.122. The molecule has 3 heterocycles. The first-order valence-corrected chi connectivity index (χ1v) is 16.6. The summed E-state index contributed by atoms with van der Waals surface area (Å²) < 4.78 is 33.2. The van der Waals surface area contributed by atoms with Gasteiger partial charge in [-0.25, -0.2) is 18.4 Å². The van der Waals surface area contributed by atoms with E-state index in [0.717, 1.165) is 47.5 Å². The summed E-state index contributed by atoms with van der Waals surface area (Å²) in [5, 5.41) is 3.57. The topological polar surface area (TPSA) is 108 Å². The van der Waals surface area contributed by atoms with E-state index in [1.54, 1.807) is 23.5 Å². The molecule has 222 valence electrons. The van der Waals surface area contributed by atoms with Crippen molar-refractivity contribution in [1.29, 1.82) is 0 Å². The van der Waals surface area contributed by atoms with Gasteiger partial charge in [0.1, 0.15) is 16.2 Å². The molecule has 5 rings (SSSR count). The Morgan fingerprint density at radius 3 is 2.49 bits per heavy atom. The molecule has 1 aliphatic carbocycles. The minimum atomic E-state index is -3.57. The van der Waals surface area contributed by atoms with Crippen LogP contribution in [-0.4, -0.2) is 94.0 Å². The molecule has 1 amide bonds. The summed E-state index contributed by atoms with van der Waals surface area (Å²) >= 11 is 1.36. The van der Waals surface area contributed by atoms with Crippen molar-refractivity contribution in [2.75, 3.05) is 70.8 Å². The molecule has 1 aromatic carbocycles. The van der Waals surface area contributed by atoms with Crippen LogP contribution in [0.1, 0.15) is 43.6 Å². The molecule has 2 fully saturated rings. The number of amides is 1. The van der Waals surface area contributed by atoms with Gasteiger partial charge < -0.3 is 19.9 Å². The fourth-order valence-corrected chi connectivity index (χ4v) is 7.89. The summed E-state index contributed by atoms with van der Waals surface area (Å²) in [5.74, 6) is 0.779. The lowest BCUT2D eigenvalue weighted by Gasteiger charge is -2.31. The zero-order chi connectivity index (χ0) is 29.0. The highest BCUT2D eigenvalue weighted by Gasteiger charge is 2.30. The van der Waals surface area contributed by atoms with Crippen LogP contribution < -0.4 is 10.2 Å². The van der Waals surface area contributed by atoms with Crippen LogP contribution in [0.3, 0.4) is 0 Å². The Morgan fingerprint density at radius 1 is 1.10 bits per heavy atom. The SMILES string of the molecule is COCCN(C)c1ccc2nc(NC(=O)C(CC3CCCC3)c3ccc(S(=O)(=O)N4CCN(C)CC4)cc3)sc2n1. The third-order valence-corrected chi connectivity index (χ3v) is 11.0. The van der Waals surface area contributed by atoms with E-state index in [1.165, 1.54) is 24.2 Å². The number of thiazole rings is 1. The number of ether oxygens (including phenoxy) is 1. The summed E-state index contributed by atoms with van der Waals surface area (Å²) in [6, 6.07) is 10.8. The van der Waals surface area contributed by atoms with E-state index in [9.17, 15) is 13.2 Å². The average Bonchev–Trinajstić information content (AvgIpc) is 3.64. The summed E-state index contributed by atoms with van der Waals surface area (Å²) in [5.41, 5.74) is 1.56. The van der Waals surface area contributed by atoms with Crippen molar-refractivity contribution < 1.29 is 17.9 Å². The number of hydrogen-bond acceptors (Lipinski definition) is 9. The van der Waals surface area contributed by atoms with Crippen molar-refractivity contribution in [1.82, 2.24) is 19.2 Å². The van der Waals surface area contributed by atoms with E-state index >= 15 is 0 Å². The Bertz CT molecular complexity index is 1430. The first-order chi connectivity index (χ1) is 19.7. The van der Waals surface area contributed by atoms with Crippen molar-refractivity contribution in [2.24, 2.45) is 5.92 Å². The zero-order valence-corrected chi connectivity index (χ0v) is 25.7. The zero-order valence-electron chi connectivity index (χ0n) is 24.1. The maximum Gasteiger partial charge on any atom is 0.243 e. The van der Waals surface area contributed by atoms with Crippen molar-refractivity contribution in [3.8, 4) is 0 Å². The molecule has 1 atom stereocenters. The normalized spacial score (nSPS) is 18.1. The predicted molar refractivity (Wildman–Crippen MR) is 163 cm³/mol. The summed E-state index contributed by atoms with van der Waals surface area (Å²) in [6.07, 6.45) is 5.33. The van der Waals surface area contributed by atoms with Gasteiger partial charge >= 0.3 is 0 Å². The smallest absolute Gasteiger partial charge is 0.243 e. The maximum atomic E-state index is 13.7. The van der Waals surface area contributed by atoms with Crippen molar-refractivity contribution >= 4 is 48.6 Å². The molecule has 0 spiro atoms. The number of nitrogens with one attached hydrogen (secondary N) is 1. The number of methoxy groups -OCH3 is 1. The molecular formula is C29H40N6O4S2. The second kappa shape index (κ2) is 13.1. The number of aromatic nitrogens is 2. The van der Waals surface area contributed by atoms with E-state index in [4.69, 9.17) is 9.72 Å². The number of hydrogen-bond donors (Lipinski definition) is 1. The monoisotopic (exact) mass is 600 g/mol. The number of fused-ring (bicyclic) bond motifs is 1. The van der Waals surface area contributed by atoms with Crippen LogP contribution in [0.25, 0.3) is 10.3 Å². The molecular weight excluding hydrogens is 560 g/mol. The highest BCUT2D eigenvalue weighted by Crippen LogP contribution is 2.36. The number of sulfonamides is 1. The summed E-state index contributed by atoms with van der Waals surface area (Å²) in [4.78, 5) is 28.2. The first kappa shape index (κ1) is 29.8. The Labute approximate surface area is 246 Å². The molecule has 1 aliphatic heterocycles. The largest absolute Gasteiger partial charge is 0.383 e. The van der Waals surface area contributed by atoms with Crippen LogP contribution in [0.4, 0.5) is 10.9 Å². The van der Waals surface area contributed by atoms with Crippen LogP contribution in [0.5, 0.6) is 0 Å². The van der Waals surface area contributed by atoms with Crippen LogP contribution in [-0.2, 0) is 19.6 Å². The third kappa shape index (κ3) is 7.06. The maximum absolute atomic E-state index is 13.7. The predicted octanol–water partition coefficient (Wildman–Crippen LogP) is 4.01. The molecule has 1 unspecified atom stereocenters. The first-order valence-electron chi connectivity index (χ1n) is 14.3. The van der Waals surface area contributed by atoms with Gasteiger partial charge in [-0.3, -0.25) is 4.79 Å². The lowest BCUT2D eigenvalue weighted by Crippen LogP contribution is -2.47. The minimum Gasteiger partial charge on any atom is -0.383 e. The highest BCUT2D eigenvalue weighted by molar-refractivity contribution is 7.89. The van der Waals surface area contributed by atoms with Crippen LogP contribution >= 0.6 is 11.3 Å². The van der Waals surface area contributed by atoms with Gasteiger partial charge in [0.05, 0.1) is 17.4 Å². The van der Waals surface area contributed by atoms with Gasteiger partial charge in [-0.05, 0) is 49.2 Å². The van der Waals surface area contributed by atoms with Crippen molar-refractivity contribution in [2.45, 2.75) is 42.9 Å². The molecule has 0 radical (unpaired) electrons. The van der Waals surface area contributed by atoms with Gasteiger partial charge in [0.15, 0.2) is 5.13 Å². The quantitative estimate of drug-likeness (QED) is 0.352. The number of anilines is 2. The van der Waals surface area contributed by atoms with E-state index < -0.39 is 15.9 Å². The molecule has 3 aromatic rings.